The summed E-state index contributed by atoms with van der Waals surface area (Å²) in [6.45, 7) is 5.76. The van der Waals surface area contributed by atoms with Crippen LogP contribution in [0.15, 0.2) is 24.3 Å². The van der Waals surface area contributed by atoms with E-state index in [-0.39, 0.29) is 11.3 Å². The summed E-state index contributed by atoms with van der Waals surface area (Å²) in [5, 5.41) is 12.7. The third kappa shape index (κ3) is 4.50. The number of nitrogens with one attached hydrogen (secondary N) is 1. The van der Waals surface area contributed by atoms with E-state index in [0.29, 0.717) is 16.6 Å². The Balaban J connectivity index is 2.01. The van der Waals surface area contributed by atoms with E-state index in [0.717, 1.165) is 10.6 Å². The Morgan fingerprint density at radius 1 is 1.41 bits per heavy atom. The molecule has 118 valence electrons. The Bertz CT molecular complexity index is 666. The molecule has 1 atom stereocenters. The van der Waals surface area contributed by atoms with Gasteiger partial charge in [0.05, 0.1) is 6.04 Å². The van der Waals surface area contributed by atoms with Crippen molar-refractivity contribution in [3.63, 3.8) is 0 Å². The third-order valence-corrected chi connectivity index (χ3v) is 4.23. The molecule has 5 nitrogen and oxygen atoms in total. The van der Waals surface area contributed by atoms with Gasteiger partial charge in [-0.1, -0.05) is 55.8 Å². The van der Waals surface area contributed by atoms with Crippen molar-refractivity contribution in [2.24, 2.45) is 11.1 Å². The van der Waals surface area contributed by atoms with Gasteiger partial charge < -0.3 is 5.73 Å². The Kier molecular flexibility index (Phi) is 5.16. The topological polar surface area (TPSA) is 80.9 Å². The molecule has 0 aliphatic carbocycles. The van der Waals surface area contributed by atoms with Crippen molar-refractivity contribution < 1.29 is 4.79 Å². The second-order valence-corrected chi connectivity index (χ2v) is 7.64. The molecule has 22 heavy (non-hydrogen) atoms. The molecule has 2 rings (SSSR count). The maximum atomic E-state index is 12.1. The molecule has 7 heteroatoms. The van der Waals surface area contributed by atoms with Gasteiger partial charge in [-0.05, 0) is 23.1 Å². The Hall–Kier alpha value is -1.50. The molecule has 0 fully saturated rings. The van der Waals surface area contributed by atoms with E-state index in [1.54, 1.807) is 0 Å². The SMILES string of the molecule is CC(C)(C)[C@H](N)C(=O)Nc1nnc(Cc2cccc(Cl)c2)s1. The number of rotatable bonds is 4. The average molecular weight is 339 g/mol. The molecule has 3 N–H and O–H groups in total. The predicted octanol–water partition coefficient (Wildman–Crippen LogP) is 3.09. The van der Waals surface area contributed by atoms with Crippen LogP contribution in [0, 0.1) is 5.41 Å². The molecule has 0 saturated carbocycles. The monoisotopic (exact) mass is 338 g/mol. The van der Waals surface area contributed by atoms with Crippen molar-refractivity contribution in [3.8, 4) is 0 Å². The van der Waals surface area contributed by atoms with Crippen LogP contribution in [0.4, 0.5) is 5.13 Å². The summed E-state index contributed by atoms with van der Waals surface area (Å²) in [7, 11) is 0. The number of carbonyl (C=O) groups is 1. The summed E-state index contributed by atoms with van der Waals surface area (Å²) in [6.07, 6.45) is 0.624. The number of nitrogens with zero attached hydrogens (tertiary/aromatic N) is 2. The van der Waals surface area contributed by atoms with Gasteiger partial charge in [0.2, 0.25) is 11.0 Å². The van der Waals surface area contributed by atoms with Gasteiger partial charge in [-0.25, -0.2) is 0 Å². The standard InChI is InChI=1S/C15H19ClN4OS/c1-15(2,3)12(17)13(21)18-14-20-19-11(22-14)8-9-5-4-6-10(16)7-9/h4-7,12H,8,17H2,1-3H3,(H,18,20,21)/t12-/m1/s1. The molecular weight excluding hydrogens is 320 g/mol. The van der Waals surface area contributed by atoms with Gasteiger partial charge >= 0.3 is 0 Å². The van der Waals surface area contributed by atoms with Crippen LogP contribution < -0.4 is 11.1 Å². The predicted molar refractivity (Wildman–Crippen MR) is 90.2 cm³/mol. The van der Waals surface area contributed by atoms with E-state index in [1.165, 1.54) is 11.3 Å². The summed E-state index contributed by atoms with van der Waals surface area (Å²) in [4.78, 5) is 12.1. The fourth-order valence-electron chi connectivity index (χ4n) is 1.77. The third-order valence-electron chi connectivity index (χ3n) is 3.16. The largest absolute Gasteiger partial charge is 0.319 e. The van der Waals surface area contributed by atoms with Crippen LogP contribution in [-0.2, 0) is 11.2 Å². The Morgan fingerprint density at radius 3 is 2.77 bits per heavy atom. The summed E-state index contributed by atoms with van der Waals surface area (Å²) < 4.78 is 0. The highest BCUT2D eigenvalue weighted by Gasteiger charge is 2.28. The number of benzene rings is 1. The maximum absolute atomic E-state index is 12.1. The minimum Gasteiger partial charge on any atom is -0.319 e. The zero-order valence-electron chi connectivity index (χ0n) is 12.8. The second-order valence-electron chi connectivity index (χ2n) is 6.14. The number of aromatic nitrogens is 2. The lowest BCUT2D eigenvalue weighted by Gasteiger charge is -2.25. The van der Waals surface area contributed by atoms with Gasteiger partial charge in [-0.3, -0.25) is 10.1 Å². The molecule has 0 unspecified atom stereocenters. The molecule has 1 aromatic heterocycles. The number of hydrogen-bond donors (Lipinski definition) is 2. The van der Waals surface area contributed by atoms with E-state index < -0.39 is 6.04 Å². The lowest BCUT2D eigenvalue weighted by Crippen LogP contribution is -2.45. The number of nitrogens with two attached hydrogens (primary N) is 1. The summed E-state index contributed by atoms with van der Waals surface area (Å²) in [5.41, 5.74) is 6.66. The van der Waals surface area contributed by atoms with Crippen LogP contribution in [0.5, 0.6) is 0 Å². The van der Waals surface area contributed by atoms with Crippen molar-refractivity contribution in [1.82, 2.24) is 10.2 Å². The summed E-state index contributed by atoms with van der Waals surface area (Å²) in [5.74, 6) is -0.252. The number of halogens is 1. The lowest BCUT2D eigenvalue weighted by molar-refractivity contribution is -0.119. The summed E-state index contributed by atoms with van der Waals surface area (Å²) in [6, 6.07) is 6.97. The van der Waals surface area contributed by atoms with Crippen molar-refractivity contribution in [2.45, 2.75) is 33.2 Å². The first-order valence-electron chi connectivity index (χ1n) is 6.89. The molecule has 2 aromatic rings. The van der Waals surface area contributed by atoms with Gasteiger partial charge in [0.25, 0.3) is 0 Å². The van der Waals surface area contributed by atoms with Crippen LogP contribution in [0.1, 0.15) is 31.3 Å². The van der Waals surface area contributed by atoms with Crippen LogP contribution in [0.25, 0.3) is 0 Å². The molecule has 0 radical (unpaired) electrons. The van der Waals surface area contributed by atoms with Gasteiger partial charge in [-0.15, -0.1) is 10.2 Å². The highest BCUT2D eigenvalue weighted by molar-refractivity contribution is 7.15. The number of hydrogen-bond acceptors (Lipinski definition) is 5. The summed E-state index contributed by atoms with van der Waals surface area (Å²) >= 11 is 7.30. The highest BCUT2D eigenvalue weighted by Crippen LogP contribution is 2.22. The quantitative estimate of drug-likeness (QED) is 0.897. The highest BCUT2D eigenvalue weighted by atomic mass is 35.5. The van der Waals surface area contributed by atoms with Gasteiger partial charge in [0.1, 0.15) is 5.01 Å². The first kappa shape index (κ1) is 16.9. The van der Waals surface area contributed by atoms with Crippen molar-refractivity contribution in [1.29, 1.82) is 0 Å². The zero-order valence-corrected chi connectivity index (χ0v) is 14.3. The minimum atomic E-state index is -0.604. The first-order chi connectivity index (χ1) is 10.3. The smallest absolute Gasteiger partial charge is 0.243 e. The van der Waals surface area contributed by atoms with E-state index >= 15 is 0 Å². The van der Waals surface area contributed by atoms with Crippen LogP contribution in [-0.4, -0.2) is 22.1 Å². The normalized spacial score (nSPS) is 13.0. The number of amides is 1. The zero-order chi connectivity index (χ0) is 16.3. The van der Waals surface area contributed by atoms with E-state index in [1.807, 2.05) is 45.0 Å². The van der Waals surface area contributed by atoms with Crippen LogP contribution in [0.2, 0.25) is 5.02 Å². The van der Waals surface area contributed by atoms with Crippen molar-refractivity contribution in [3.05, 3.63) is 39.9 Å². The molecule has 1 amide bonds. The van der Waals surface area contributed by atoms with Gasteiger partial charge in [0.15, 0.2) is 0 Å². The van der Waals surface area contributed by atoms with E-state index in [4.69, 9.17) is 17.3 Å². The number of anilines is 1. The number of carbonyl (C=O) groups excluding carboxylic acids is 1. The van der Waals surface area contributed by atoms with Crippen LogP contribution >= 0.6 is 22.9 Å². The molecule has 0 aliphatic rings. The molecule has 0 saturated heterocycles. The first-order valence-corrected chi connectivity index (χ1v) is 8.08. The minimum absolute atomic E-state index is 0.252. The molecule has 0 aliphatic heterocycles. The fraction of sp³-hybridized carbons (Fsp3) is 0.400. The maximum Gasteiger partial charge on any atom is 0.243 e. The molecule has 0 spiro atoms. The van der Waals surface area contributed by atoms with Crippen LogP contribution in [0.3, 0.4) is 0 Å². The van der Waals surface area contributed by atoms with Crippen molar-refractivity contribution >= 4 is 34.0 Å². The fourth-order valence-corrected chi connectivity index (χ4v) is 2.76. The Labute approximate surface area is 138 Å². The van der Waals surface area contributed by atoms with E-state index in [2.05, 4.69) is 15.5 Å². The van der Waals surface area contributed by atoms with Gasteiger partial charge in [-0.2, -0.15) is 0 Å². The van der Waals surface area contributed by atoms with E-state index in [9.17, 15) is 4.79 Å². The second kappa shape index (κ2) is 6.73. The lowest BCUT2D eigenvalue weighted by atomic mass is 9.87. The van der Waals surface area contributed by atoms with Crippen molar-refractivity contribution in [2.75, 3.05) is 5.32 Å². The van der Waals surface area contributed by atoms with Gasteiger partial charge in [0, 0.05) is 11.4 Å². The average Bonchev–Trinajstić information content (AvgIpc) is 2.84. The molecular formula is C15H19ClN4OS. The molecule has 0 bridgehead atoms. The molecule has 1 heterocycles. The molecule has 1 aromatic carbocycles. The Morgan fingerprint density at radius 2 is 2.14 bits per heavy atom.